The van der Waals surface area contributed by atoms with Gasteiger partial charge < -0.3 is 34.9 Å². The summed E-state index contributed by atoms with van der Waals surface area (Å²) in [6, 6.07) is 5.37. The summed E-state index contributed by atoms with van der Waals surface area (Å²) in [5, 5.41) is 42.7. The summed E-state index contributed by atoms with van der Waals surface area (Å²) in [5.41, 5.74) is 1.13. The highest BCUT2D eigenvalue weighted by Crippen LogP contribution is 2.25. The van der Waals surface area contributed by atoms with E-state index in [1.54, 1.807) is 25.1 Å². The Morgan fingerprint density at radius 2 is 1.92 bits per heavy atom. The van der Waals surface area contributed by atoms with Crippen molar-refractivity contribution in [3.63, 3.8) is 0 Å². The molecule has 0 bridgehead atoms. The highest BCUT2D eigenvalue weighted by Gasteiger charge is 2.43. The van der Waals surface area contributed by atoms with Crippen LogP contribution < -0.4 is 10.9 Å². The summed E-state index contributed by atoms with van der Waals surface area (Å²) in [6.07, 6.45) is -5.20. The van der Waals surface area contributed by atoms with Crippen LogP contribution in [0.2, 0.25) is 0 Å². The third kappa shape index (κ3) is 3.02. The minimum Gasteiger partial charge on any atom is -0.423 e. The number of rotatable bonds is 3. The van der Waals surface area contributed by atoms with Crippen molar-refractivity contribution in [2.24, 2.45) is 0 Å². The van der Waals surface area contributed by atoms with Crippen LogP contribution in [0.4, 0.5) is 5.69 Å². The van der Waals surface area contributed by atoms with E-state index >= 15 is 0 Å². The molecule has 5 N–H and O–H groups in total. The van der Waals surface area contributed by atoms with Gasteiger partial charge >= 0.3 is 5.63 Å². The van der Waals surface area contributed by atoms with Gasteiger partial charge in [-0.05, 0) is 24.6 Å². The smallest absolute Gasteiger partial charge is 0.336 e. The zero-order valence-corrected chi connectivity index (χ0v) is 12.9. The molecule has 24 heavy (non-hydrogen) atoms. The van der Waals surface area contributed by atoms with Crippen LogP contribution >= 0.6 is 0 Å². The number of hydrogen-bond donors (Lipinski definition) is 5. The van der Waals surface area contributed by atoms with Crippen molar-refractivity contribution in [3.05, 3.63) is 40.2 Å². The Labute approximate surface area is 136 Å². The van der Waals surface area contributed by atoms with Crippen LogP contribution in [0.1, 0.15) is 5.56 Å². The van der Waals surface area contributed by atoms with E-state index in [0.717, 1.165) is 10.9 Å². The SMILES string of the molecule is [11CH3]c1cc(=O)oc2cc(N[C@H]3C(O)[C@H](O)C(CO)O[C@H]3O)ccc12. The molecule has 0 spiro atoms. The third-order valence-electron chi connectivity index (χ3n) is 4.18. The number of aliphatic hydroxyl groups is 4. The highest BCUT2D eigenvalue weighted by molar-refractivity contribution is 5.83. The number of nitrogens with one attached hydrogen (secondary N) is 1. The summed E-state index contributed by atoms with van der Waals surface area (Å²) >= 11 is 0. The molecule has 8 nitrogen and oxygen atoms in total. The Hall–Kier alpha value is -1.97. The van der Waals surface area contributed by atoms with Crippen molar-refractivity contribution in [1.29, 1.82) is 0 Å². The molecule has 130 valence electrons. The van der Waals surface area contributed by atoms with Gasteiger partial charge in [0.15, 0.2) is 6.29 Å². The standard InChI is InChI=1S/C16H19NO7/c1-7-4-12(19)23-10-5-8(2-3-9(7)10)17-13-15(21)14(20)11(6-18)24-16(13)22/h2-5,11,13-18,20-22H,6H2,1H3/t11?,13-,14+,15?,16+/m0/s1/i1-1. The number of fused-ring (bicyclic) bond motifs is 1. The molecule has 1 aromatic heterocycles. The molecule has 3 rings (SSSR count). The Morgan fingerprint density at radius 1 is 1.17 bits per heavy atom. The molecule has 1 aliphatic rings. The molecule has 0 aliphatic carbocycles. The minimum absolute atomic E-state index is 0.361. The van der Waals surface area contributed by atoms with E-state index in [1.165, 1.54) is 6.07 Å². The average molecular weight is 336 g/mol. The Balaban J connectivity index is 1.88. The molecule has 8 heteroatoms. The molecule has 0 amide bonds. The highest BCUT2D eigenvalue weighted by atomic mass is 16.6. The van der Waals surface area contributed by atoms with Gasteiger partial charge in [-0.2, -0.15) is 0 Å². The van der Waals surface area contributed by atoms with E-state index in [-0.39, 0.29) is 0 Å². The maximum atomic E-state index is 11.5. The quantitative estimate of drug-likeness (QED) is 0.466. The second kappa shape index (κ2) is 6.50. The molecule has 0 radical (unpaired) electrons. The maximum Gasteiger partial charge on any atom is 0.336 e. The molecule has 0 saturated carbocycles. The fourth-order valence-electron chi connectivity index (χ4n) is 2.86. The summed E-state index contributed by atoms with van der Waals surface area (Å²) in [7, 11) is 0. The van der Waals surface area contributed by atoms with Crippen LogP contribution in [0.5, 0.6) is 0 Å². The Morgan fingerprint density at radius 3 is 2.62 bits per heavy atom. The summed E-state index contributed by atoms with van der Waals surface area (Å²) in [6.45, 7) is 1.27. The normalized spacial score (nSPS) is 30.5. The first-order chi connectivity index (χ1) is 11.4. The lowest BCUT2D eigenvalue weighted by atomic mass is 9.96. The lowest BCUT2D eigenvalue weighted by molar-refractivity contribution is -0.245. The Bertz CT molecular complexity index is 790. The first-order valence-electron chi connectivity index (χ1n) is 7.52. The lowest BCUT2D eigenvalue weighted by Crippen LogP contribution is -2.61. The van der Waals surface area contributed by atoms with E-state index in [0.29, 0.717) is 11.3 Å². The van der Waals surface area contributed by atoms with Crippen LogP contribution in [0.3, 0.4) is 0 Å². The van der Waals surface area contributed by atoms with E-state index in [4.69, 9.17) is 14.3 Å². The van der Waals surface area contributed by atoms with Crippen molar-refractivity contribution >= 4 is 16.7 Å². The first-order valence-corrected chi connectivity index (χ1v) is 7.52. The molecule has 1 saturated heterocycles. The molecular weight excluding hydrogens is 317 g/mol. The van der Waals surface area contributed by atoms with Crippen molar-refractivity contribution in [1.82, 2.24) is 0 Å². The largest absolute Gasteiger partial charge is 0.423 e. The van der Waals surface area contributed by atoms with E-state index in [9.17, 15) is 20.1 Å². The monoisotopic (exact) mass is 336 g/mol. The van der Waals surface area contributed by atoms with Crippen LogP contribution in [-0.4, -0.2) is 57.7 Å². The minimum atomic E-state index is -1.43. The van der Waals surface area contributed by atoms with Gasteiger partial charge in [0, 0.05) is 23.2 Å². The first kappa shape index (κ1) is 16.9. The maximum absolute atomic E-state index is 11.5. The average Bonchev–Trinajstić information content (AvgIpc) is 2.54. The third-order valence-corrected chi connectivity index (χ3v) is 4.18. The van der Waals surface area contributed by atoms with Crippen molar-refractivity contribution < 1.29 is 29.6 Å². The molecule has 1 fully saturated rings. The fraction of sp³-hybridized carbons (Fsp3) is 0.438. The number of aliphatic hydroxyl groups excluding tert-OH is 4. The van der Waals surface area contributed by atoms with Gasteiger partial charge in [0.25, 0.3) is 0 Å². The Kier molecular flexibility index (Phi) is 4.57. The van der Waals surface area contributed by atoms with Gasteiger partial charge in [0.05, 0.1) is 6.61 Å². The number of aryl methyl sites for hydroxylation is 1. The topological polar surface area (TPSA) is 132 Å². The molecular formula is C16H19NO7. The van der Waals surface area contributed by atoms with Gasteiger partial charge in [0.2, 0.25) is 0 Å². The van der Waals surface area contributed by atoms with Gasteiger partial charge in [-0.3, -0.25) is 0 Å². The number of benzene rings is 1. The van der Waals surface area contributed by atoms with Gasteiger partial charge in [0.1, 0.15) is 29.9 Å². The van der Waals surface area contributed by atoms with Crippen LogP contribution in [-0.2, 0) is 4.74 Å². The van der Waals surface area contributed by atoms with Crippen LogP contribution in [0.15, 0.2) is 33.5 Å². The molecule has 2 heterocycles. The van der Waals surface area contributed by atoms with Crippen molar-refractivity contribution in [2.75, 3.05) is 11.9 Å². The summed E-state index contributed by atoms with van der Waals surface area (Å²) in [5.74, 6) is 0. The molecule has 2 unspecified atom stereocenters. The van der Waals surface area contributed by atoms with E-state index < -0.39 is 42.9 Å². The zero-order valence-electron chi connectivity index (χ0n) is 12.9. The predicted molar refractivity (Wildman–Crippen MR) is 84.6 cm³/mol. The predicted octanol–water partition coefficient (Wildman–Crippen LogP) is -0.687. The van der Waals surface area contributed by atoms with Gasteiger partial charge in [-0.15, -0.1) is 0 Å². The lowest BCUT2D eigenvalue weighted by Gasteiger charge is -2.40. The second-order valence-electron chi connectivity index (χ2n) is 5.86. The van der Waals surface area contributed by atoms with Crippen molar-refractivity contribution in [2.45, 2.75) is 37.6 Å². The molecule has 1 aliphatic heterocycles. The van der Waals surface area contributed by atoms with Gasteiger partial charge in [-0.25, -0.2) is 4.79 Å². The zero-order chi connectivity index (χ0) is 17.4. The number of ether oxygens (including phenoxy) is 1. The van der Waals surface area contributed by atoms with Crippen LogP contribution in [0, 0.1) is 6.92 Å². The van der Waals surface area contributed by atoms with Gasteiger partial charge in [-0.1, -0.05) is 0 Å². The fourth-order valence-corrected chi connectivity index (χ4v) is 2.86. The second-order valence-corrected chi connectivity index (χ2v) is 5.86. The van der Waals surface area contributed by atoms with Crippen molar-refractivity contribution in [3.8, 4) is 0 Å². The summed E-state index contributed by atoms with van der Waals surface area (Å²) in [4.78, 5) is 11.5. The molecule has 1 aromatic carbocycles. The molecule has 2 aromatic rings. The number of hydrogen-bond acceptors (Lipinski definition) is 8. The summed E-state index contributed by atoms with van der Waals surface area (Å²) < 4.78 is 10.2. The van der Waals surface area contributed by atoms with E-state index in [2.05, 4.69) is 5.32 Å². The van der Waals surface area contributed by atoms with E-state index in [1.807, 2.05) is 0 Å². The number of anilines is 1. The van der Waals surface area contributed by atoms with Crippen LogP contribution in [0.25, 0.3) is 11.0 Å². The molecule has 5 atom stereocenters.